The molecular formula is C12H16FN3. The average molecular weight is 221 g/mol. The van der Waals surface area contributed by atoms with Crippen molar-refractivity contribution in [3.8, 4) is 0 Å². The fourth-order valence-electron chi connectivity index (χ4n) is 3.01. The first kappa shape index (κ1) is 10.0. The smallest absolute Gasteiger partial charge is 0.141 e. The lowest BCUT2D eigenvalue weighted by Crippen LogP contribution is -2.52. The summed E-state index contributed by atoms with van der Waals surface area (Å²) in [6.45, 7) is 2.19. The van der Waals surface area contributed by atoms with Crippen LogP contribution in [0.3, 0.4) is 0 Å². The predicted octanol–water partition coefficient (Wildman–Crippen LogP) is 1.50. The van der Waals surface area contributed by atoms with Crippen molar-refractivity contribution in [2.45, 2.75) is 24.9 Å². The number of rotatable bonds is 1. The van der Waals surface area contributed by atoms with Crippen LogP contribution in [0.5, 0.6) is 0 Å². The summed E-state index contributed by atoms with van der Waals surface area (Å²) in [6, 6.07) is 4.41. The third kappa shape index (κ3) is 1.57. The van der Waals surface area contributed by atoms with Gasteiger partial charge < -0.3 is 9.80 Å². The van der Waals surface area contributed by atoms with Crippen LogP contribution in [0.2, 0.25) is 0 Å². The maximum atomic E-state index is 12.8. The highest BCUT2D eigenvalue weighted by atomic mass is 19.1. The summed E-state index contributed by atoms with van der Waals surface area (Å²) >= 11 is 0. The van der Waals surface area contributed by atoms with Crippen LogP contribution in [-0.2, 0) is 0 Å². The van der Waals surface area contributed by atoms with E-state index in [4.69, 9.17) is 0 Å². The molecule has 3 rings (SSSR count). The number of aromatic nitrogens is 1. The van der Waals surface area contributed by atoms with Gasteiger partial charge in [0, 0.05) is 25.2 Å². The van der Waals surface area contributed by atoms with Crippen molar-refractivity contribution in [2.24, 2.45) is 0 Å². The molecule has 1 aromatic rings. The minimum atomic E-state index is -0.259. The monoisotopic (exact) mass is 221 g/mol. The molecule has 3 nitrogen and oxygen atoms in total. The summed E-state index contributed by atoms with van der Waals surface area (Å²) in [4.78, 5) is 8.95. The molecule has 2 aliphatic rings. The molecule has 2 aliphatic heterocycles. The van der Waals surface area contributed by atoms with Gasteiger partial charge in [0.05, 0.1) is 6.20 Å². The number of hydrogen-bond donors (Lipinski definition) is 0. The van der Waals surface area contributed by atoms with Crippen LogP contribution in [0.15, 0.2) is 18.3 Å². The number of likely N-dealkylation sites (N-methyl/N-ethyl adjacent to an activating group) is 1. The lowest BCUT2D eigenvalue weighted by atomic mass is 10.2. The third-order valence-corrected chi connectivity index (χ3v) is 3.64. The molecule has 16 heavy (non-hydrogen) atoms. The fraction of sp³-hybridized carbons (Fsp3) is 0.583. The van der Waals surface area contributed by atoms with Gasteiger partial charge >= 0.3 is 0 Å². The molecule has 0 saturated carbocycles. The molecule has 0 N–H and O–H groups in total. The zero-order chi connectivity index (χ0) is 11.1. The molecule has 2 atom stereocenters. The summed E-state index contributed by atoms with van der Waals surface area (Å²) in [7, 11) is 2.17. The molecule has 0 spiro atoms. The second kappa shape index (κ2) is 3.70. The zero-order valence-electron chi connectivity index (χ0n) is 9.43. The molecule has 2 saturated heterocycles. The summed E-state index contributed by atoms with van der Waals surface area (Å²) in [5, 5.41) is 0. The topological polar surface area (TPSA) is 19.4 Å². The Morgan fingerprint density at radius 3 is 2.50 bits per heavy atom. The van der Waals surface area contributed by atoms with E-state index >= 15 is 0 Å². The Hall–Kier alpha value is -1.16. The molecule has 1 aromatic heterocycles. The number of hydrogen-bond acceptors (Lipinski definition) is 3. The Balaban J connectivity index is 1.88. The van der Waals surface area contributed by atoms with Crippen molar-refractivity contribution in [3.63, 3.8) is 0 Å². The van der Waals surface area contributed by atoms with Gasteiger partial charge in [0.2, 0.25) is 0 Å². The van der Waals surface area contributed by atoms with Gasteiger partial charge in [-0.15, -0.1) is 0 Å². The predicted molar refractivity (Wildman–Crippen MR) is 61.0 cm³/mol. The van der Waals surface area contributed by atoms with Gasteiger partial charge in [-0.05, 0) is 32.0 Å². The zero-order valence-corrected chi connectivity index (χ0v) is 9.43. The molecule has 2 fully saturated rings. The molecule has 0 amide bonds. The highest BCUT2D eigenvalue weighted by Gasteiger charge is 2.39. The van der Waals surface area contributed by atoms with Gasteiger partial charge in [0.25, 0.3) is 0 Å². The Morgan fingerprint density at radius 2 is 1.94 bits per heavy atom. The Bertz CT molecular complexity index is 364. The van der Waals surface area contributed by atoms with Crippen LogP contribution < -0.4 is 4.90 Å². The van der Waals surface area contributed by atoms with Crippen LogP contribution in [0.4, 0.5) is 10.2 Å². The number of anilines is 1. The minimum Gasteiger partial charge on any atom is -0.348 e. The number of likely N-dealkylation sites (tertiary alicyclic amines) is 1. The van der Waals surface area contributed by atoms with E-state index in [0.29, 0.717) is 12.1 Å². The maximum Gasteiger partial charge on any atom is 0.141 e. The number of halogens is 1. The average Bonchev–Trinajstić information content (AvgIpc) is 2.54. The number of piperazine rings is 1. The first-order valence-electron chi connectivity index (χ1n) is 5.82. The van der Waals surface area contributed by atoms with Gasteiger partial charge in [-0.3, -0.25) is 0 Å². The normalized spacial score (nSPS) is 29.8. The Labute approximate surface area is 94.9 Å². The molecule has 0 radical (unpaired) electrons. The van der Waals surface area contributed by atoms with E-state index in [1.807, 2.05) is 0 Å². The molecular weight excluding hydrogens is 205 g/mol. The van der Waals surface area contributed by atoms with Gasteiger partial charge in [-0.25, -0.2) is 9.37 Å². The first-order chi connectivity index (χ1) is 7.74. The van der Waals surface area contributed by atoms with E-state index in [0.717, 1.165) is 18.9 Å². The quantitative estimate of drug-likeness (QED) is 0.716. The van der Waals surface area contributed by atoms with Crippen molar-refractivity contribution >= 4 is 5.82 Å². The molecule has 0 aliphatic carbocycles. The van der Waals surface area contributed by atoms with E-state index < -0.39 is 0 Å². The second-order valence-corrected chi connectivity index (χ2v) is 4.85. The summed E-state index contributed by atoms with van der Waals surface area (Å²) < 4.78 is 12.8. The number of pyridine rings is 1. The van der Waals surface area contributed by atoms with E-state index in [1.165, 1.54) is 25.1 Å². The van der Waals surface area contributed by atoms with Crippen LogP contribution in [0.25, 0.3) is 0 Å². The molecule has 4 heteroatoms. The van der Waals surface area contributed by atoms with Crippen LogP contribution in [0.1, 0.15) is 12.8 Å². The van der Waals surface area contributed by atoms with Crippen molar-refractivity contribution in [3.05, 3.63) is 24.1 Å². The summed E-state index contributed by atoms with van der Waals surface area (Å²) in [5.74, 6) is 0.673. The van der Waals surface area contributed by atoms with Crippen molar-refractivity contribution < 1.29 is 4.39 Å². The summed E-state index contributed by atoms with van der Waals surface area (Å²) in [5.41, 5.74) is 0. The first-order valence-corrected chi connectivity index (χ1v) is 5.82. The lowest BCUT2D eigenvalue weighted by molar-refractivity contribution is 0.263. The van der Waals surface area contributed by atoms with Crippen molar-refractivity contribution in [1.82, 2.24) is 9.88 Å². The Morgan fingerprint density at radius 1 is 1.25 bits per heavy atom. The minimum absolute atomic E-state index is 0.259. The van der Waals surface area contributed by atoms with E-state index in [-0.39, 0.29) is 5.82 Å². The van der Waals surface area contributed by atoms with Crippen LogP contribution >= 0.6 is 0 Å². The number of nitrogens with zero attached hydrogens (tertiary/aromatic N) is 3. The molecule has 0 aromatic carbocycles. The molecule has 3 heterocycles. The lowest BCUT2D eigenvalue weighted by Gasteiger charge is -2.40. The van der Waals surface area contributed by atoms with E-state index in [2.05, 4.69) is 21.8 Å². The standard InChI is InChI=1S/C12H16FN3/c1-15-7-10-3-4-11(8-15)16(10)12-5-2-9(13)6-14-12/h2,5-6,10-11H,3-4,7-8H2,1H3. The van der Waals surface area contributed by atoms with Crippen LogP contribution in [-0.4, -0.2) is 42.1 Å². The molecule has 2 bridgehead atoms. The Kier molecular flexibility index (Phi) is 2.32. The van der Waals surface area contributed by atoms with Gasteiger partial charge in [-0.2, -0.15) is 0 Å². The highest BCUT2D eigenvalue weighted by Crippen LogP contribution is 2.33. The molecule has 2 unspecified atom stereocenters. The van der Waals surface area contributed by atoms with Crippen molar-refractivity contribution in [1.29, 1.82) is 0 Å². The second-order valence-electron chi connectivity index (χ2n) is 4.85. The van der Waals surface area contributed by atoms with Gasteiger partial charge in [-0.1, -0.05) is 0 Å². The molecule has 86 valence electrons. The SMILES string of the molecule is CN1CC2CCC(C1)N2c1ccc(F)cn1. The van der Waals surface area contributed by atoms with Crippen LogP contribution in [0, 0.1) is 5.82 Å². The van der Waals surface area contributed by atoms with Gasteiger partial charge in [0.15, 0.2) is 0 Å². The highest BCUT2D eigenvalue weighted by molar-refractivity contribution is 5.43. The third-order valence-electron chi connectivity index (χ3n) is 3.64. The fourth-order valence-corrected chi connectivity index (χ4v) is 3.01. The van der Waals surface area contributed by atoms with Crippen molar-refractivity contribution in [2.75, 3.05) is 25.0 Å². The van der Waals surface area contributed by atoms with E-state index in [1.54, 1.807) is 6.07 Å². The largest absolute Gasteiger partial charge is 0.348 e. The summed E-state index contributed by atoms with van der Waals surface area (Å²) in [6.07, 6.45) is 3.77. The maximum absolute atomic E-state index is 12.8. The van der Waals surface area contributed by atoms with Gasteiger partial charge in [0.1, 0.15) is 11.6 Å². The van der Waals surface area contributed by atoms with E-state index in [9.17, 15) is 4.39 Å². The number of fused-ring (bicyclic) bond motifs is 2.